The van der Waals surface area contributed by atoms with Crippen LogP contribution < -0.4 is 15.5 Å². The summed E-state index contributed by atoms with van der Waals surface area (Å²) >= 11 is 0. The zero-order chi connectivity index (χ0) is 20.8. The van der Waals surface area contributed by atoms with E-state index in [1.54, 1.807) is 0 Å². The van der Waals surface area contributed by atoms with E-state index in [9.17, 15) is 9.59 Å². The zero-order valence-corrected chi connectivity index (χ0v) is 18.1. The second kappa shape index (κ2) is 10.2. The quantitative estimate of drug-likeness (QED) is 0.772. The number of benzene rings is 1. The number of amides is 3. The monoisotopic (exact) mass is 412 g/mol. The normalized spacial score (nSPS) is 21.3. The van der Waals surface area contributed by atoms with Gasteiger partial charge in [0.25, 0.3) is 0 Å². The first-order chi connectivity index (χ1) is 14.7. The maximum atomic E-state index is 12.7. The molecule has 1 saturated heterocycles. The van der Waals surface area contributed by atoms with Crippen molar-refractivity contribution in [3.8, 4) is 0 Å². The van der Waals surface area contributed by atoms with Crippen molar-refractivity contribution >= 4 is 23.3 Å². The summed E-state index contributed by atoms with van der Waals surface area (Å²) < 4.78 is 0. The van der Waals surface area contributed by atoms with Gasteiger partial charge in [0.05, 0.1) is 0 Å². The number of nitrogens with one attached hydrogen (secondary N) is 2. The standard InChI is InChI=1S/C24H36N4O2/c29-23(19-7-3-1-4-8-19)28-17-15-27(16-18-28)22-13-11-21(12-14-22)26-24(30)25-20-9-5-2-6-10-20/h11-14,19-20H,1-10,15-18H2,(H2,25,26,30). The van der Waals surface area contributed by atoms with Crippen LogP contribution in [0.2, 0.25) is 0 Å². The van der Waals surface area contributed by atoms with Gasteiger partial charge in [-0.2, -0.15) is 0 Å². The Labute approximate surface area is 180 Å². The van der Waals surface area contributed by atoms with Crippen molar-refractivity contribution in [2.24, 2.45) is 5.92 Å². The maximum absolute atomic E-state index is 12.7. The van der Waals surface area contributed by atoms with Gasteiger partial charge in [0, 0.05) is 49.5 Å². The highest BCUT2D eigenvalue weighted by molar-refractivity contribution is 5.89. The second-order valence-electron chi connectivity index (χ2n) is 9.13. The molecule has 0 atom stereocenters. The van der Waals surface area contributed by atoms with Crippen LogP contribution in [0, 0.1) is 5.92 Å². The second-order valence-corrected chi connectivity index (χ2v) is 9.13. The highest BCUT2D eigenvalue weighted by Gasteiger charge is 2.28. The summed E-state index contributed by atoms with van der Waals surface area (Å²) in [5, 5.41) is 6.05. The molecule has 2 aliphatic carbocycles. The minimum atomic E-state index is -0.107. The lowest BCUT2D eigenvalue weighted by Gasteiger charge is -2.38. The molecule has 0 bridgehead atoms. The van der Waals surface area contributed by atoms with Gasteiger partial charge < -0.3 is 20.4 Å². The van der Waals surface area contributed by atoms with Crippen LogP contribution in [0.15, 0.2) is 24.3 Å². The first-order valence-electron chi connectivity index (χ1n) is 11.9. The summed E-state index contributed by atoms with van der Waals surface area (Å²) in [6.07, 6.45) is 11.7. The molecule has 2 N–H and O–H groups in total. The third-order valence-corrected chi connectivity index (χ3v) is 6.98. The third kappa shape index (κ3) is 5.46. The van der Waals surface area contributed by atoms with Gasteiger partial charge in [-0.3, -0.25) is 4.79 Å². The van der Waals surface area contributed by atoms with Gasteiger partial charge in [-0.1, -0.05) is 38.5 Å². The Hall–Kier alpha value is -2.24. The van der Waals surface area contributed by atoms with Crippen molar-refractivity contribution in [2.45, 2.75) is 70.3 Å². The van der Waals surface area contributed by atoms with E-state index in [1.165, 1.54) is 38.5 Å². The van der Waals surface area contributed by atoms with Crippen LogP contribution in [0.5, 0.6) is 0 Å². The molecule has 6 heteroatoms. The summed E-state index contributed by atoms with van der Waals surface area (Å²) in [5.41, 5.74) is 1.97. The SMILES string of the molecule is O=C(Nc1ccc(N2CCN(C(=O)C3CCCCC3)CC2)cc1)NC1CCCCC1. The molecule has 3 amide bonds. The number of urea groups is 1. The van der Waals surface area contributed by atoms with Crippen LogP contribution in [0.3, 0.4) is 0 Å². The number of nitrogens with zero attached hydrogens (tertiary/aromatic N) is 2. The van der Waals surface area contributed by atoms with E-state index in [2.05, 4.69) is 32.6 Å². The molecule has 4 rings (SSSR count). The zero-order valence-electron chi connectivity index (χ0n) is 18.1. The van der Waals surface area contributed by atoms with Gasteiger partial charge >= 0.3 is 6.03 Å². The molecule has 3 fully saturated rings. The van der Waals surface area contributed by atoms with Gasteiger partial charge in [0.15, 0.2) is 0 Å². The van der Waals surface area contributed by atoms with E-state index in [0.29, 0.717) is 11.9 Å². The molecule has 1 aromatic rings. The molecule has 0 unspecified atom stereocenters. The Morgan fingerprint density at radius 1 is 0.767 bits per heavy atom. The Morgan fingerprint density at radius 2 is 1.37 bits per heavy atom. The molecule has 30 heavy (non-hydrogen) atoms. The first-order valence-corrected chi connectivity index (χ1v) is 11.9. The average molecular weight is 413 g/mol. The van der Waals surface area contributed by atoms with Crippen LogP contribution in [0.1, 0.15) is 64.2 Å². The molecule has 0 aromatic heterocycles. The van der Waals surface area contributed by atoms with Gasteiger partial charge in [0.2, 0.25) is 5.91 Å². The van der Waals surface area contributed by atoms with Crippen molar-refractivity contribution in [3.05, 3.63) is 24.3 Å². The molecule has 0 radical (unpaired) electrons. The lowest BCUT2D eigenvalue weighted by Crippen LogP contribution is -2.50. The van der Waals surface area contributed by atoms with Crippen molar-refractivity contribution in [1.82, 2.24) is 10.2 Å². The molecule has 1 heterocycles. The summed E-state index contributed by atoms with van der Waals surface area (Å²) in [6.45, 7) is 3.35. The van der Waals surface area contributed by atoms with Crippen molar-refractivity contribution in [1.29, 1.82) is 0 Å². The molecule has 1 aromatic carbocycles. The van der Waals surface area contributed by atoms with Crippen LogP contribution in [0.4, 0.5) is 16.2 Å². The van der Waals surface area contributed by atoms with Gasteiger partial charge in [-0.25, -0.2) is 4.79 Å². The maximum Gasteiger partial charge on any atom is 0.319 e. The lowest BCUT2D eigenvalue weighted by molar-refractivity contribution is -0.136. The number of carbonyl (C=O) groups is 2. The number of hydrogen-bond acceptors (Lipinski definition) is 3. The van der Waals surface area contributed by atoms with Gasteiger partial charge in [-0.05, 0) is 49.9 Å². The molecule has 164 valence electrons. The minimum Gasteiger partial charge on any atom is -0.368 e. The number of carbonyl (C=O) groups excluding carboxylic acids is 2. The van der Waals surface area contributed by atoms with Gasteiger partial charge in [0.1, 0.15) is 0 Å². The molecule has 0 spiro atoms. The molecule has 3 aliphatic rings. The van der Waals surface area contributed by atoms with Crippen molar-refractivity contribution in [2.75, 3.05) is 36.4 Å². The molecular weight excluding hydrogens is 376 g/mol. The number of anilines is 2. The molecule has 1 aliphatic heterocycles. The Morgan fingerprint density at radius 3 is 2.00 bits per heavy atom. The summed E-state index contributed by atoms with van der Waals surface area (Å²) in [7, 11) is 0. The smallest absolute Gasteiger partial charge is 0.319 e. The highest BCUT2D eigenvalue weighted by Crippen LogP contribution is 2.27. The van der Waals surface area contributed by atoms with E-state index in [4.69, 9.17) is 0 Å². The number of hydrogen-bond donors (Lipinski definition) is 2. The predicted molar refractivity (Wildman–Crippen MR) is 121 cm³/mol. The largest absolute Gasteiger partial charge is 0.368 e. The minimum absolute atomic E-state index is 0.107. The summed E-state index contributed by atoms with van der Waals surface area (Å²) in [5.74, 6) is 0.633. The van der Waals surface area contributed by atoms with Crippen LogP contribution in [-0.2, 0) is 4.79 Å². The van der Waals surface area contributed by atoms with Crippen molar-refractivity contribution < 1.29 is 9.59 Å². The molecular formula is C24H36N4O2. The average Bonchev–Trinajstić information content (AvgIpc) is 2.80. The van der Waals surface area contributed by atoms with E-state index in [0.717, 1.165) is 63.2 Å². The lowest BCUT2D eigenvalue weighted by atomic mass is 9.88. The van der Waals surface area contributed by atoms with E-state index >= 15 is 0 Å². The molecule has 6 nitrogen and oxygen atoms in total. The van der Waals surface area contributed by atoms with Crippen LogP contribution in [-0.4, -0.2) is 49.1 Å². The summed E-state index contributed by atoms with van der Waals surface area (Å²) in [4.78, 5) is 29.4. The van der Waals surface area contributed by atoms with Crippen molar-refractivity contribution in [3.63, 3.8) is 0 Å². The summed E-state index contributed by atoms with van der Waals surface area (Å²) in [6, 6.07) is 8.27. The Balaban J connectivity index is 1.23. The van der Waals surface area contributed by atoms with Gasteiger partial charge in [-0.15, -0.1) is 0 Å². The van der Waals surface area contributed by atoms with Crippen LogP contribution >= 0.6 is 0 Å². The third-order valence-electron chi connectivity index (χ3n) is 6.98. The van der Waals surface area contributed by atoms with E-state index in [1.807, 2.05) is 12.1 Å². The molecule has 2 saturated carbocycles. The topological polar surface area (TPSA) is 64.7 Å². The fourth-order valence-corrected chi connectivity index (χ4v) is 5.15. The fraction of sp³-hybridized carbons (Fsp3) is 0.667. The number of rotatable bonds is 4. The fourth-order valence-electron chi connectivity index (χ4n) is 5.15. The van der Waals surface area contributed by atoms with Crippen LogP contribution in [0.25, 0.3) is 0 Å². The Bertz CT molecular complexity index is 700. The first kappa shape index (κ1) is 21.0. The predicted octanol–water partition coefficient (Wildman–Crippen LogP) is 4.37. The van der Waals surface area contributed by atoms with E-state index in [-0.39, 0.29) is 11.9 Å². The highest BCUT2D eigenvalue weighted by atomic mass is 16.2. The number of piperazine rings is 1. The Kier molecular flexibility index (Phi) is 7.13. The van der Waals surface area contributed by atoms with E-state index < -0.39 is 0 Å².